The van der Waals surface area contributed by atoms with Gasteiger partial charge in [0.05, 0.1) is 0 Å². The van der Waals surface area contributed by atoms with Crippen LogP contribution < -0.4 is 5.32 Å². The van der Waals surface area contributed by atoms with E-state index in [4.69, 9.17) is 0 Å². The Labute approximate surface area is 62.6 Å². The maximum Gasteiger partial charge on any atom is 0.0170 e. The van der Waals surface area contributed by atoms with Crippen molar-refractivity contribution in [3.8, 4) is 0 Å². The average Bonchev–Trinajstić information content (AvgIpc) is 1.87. The van der Waals surface area contributed by atoms with Crippen LogP contribution in [0.4, 0.5) is 0 Å². The third-order valence-corrected chi connectivity index (χ3v) is 2.98. The predicted octanol–water partition coefficient (Wildman–Crippen LogP) is 0.156. The first kappa shape index (κ1) is 6.62. The van der Waals surface area contributed by atoms with E-state index in [1.54, 1.807) is 0 Å². The Bertz CT molecular complexity index is 119. The van der Waals surface area contributed by atoms with Crippen LogP contribution in [-0.2, 0) is 0 Å². The maximum absolute atomic E-state index is 3.44. The van der Waals surface area contributed by atoms with Gasteiger partial charge in [0.25, 0.3) is 0 Å². The Kier molecular flexibility index (Phi) is 1.46. The second-order valence-corrected chi connectivity index (χ2v) is 3.87. The number of nitrogens with one attached hydrogen (secondary N) is 1. The van der Waals surface area contributed by atoms with Gasteiger partial charge in [-0.05, 0) is 45.4 Å². The maximum atomic E-state index is 3.44. The molecule has 0 amide bonds. The minimum absolute atomic E-state index is 0.890. The minimum atomic E-state index is 0.890. The van der Waals surface area contributed by atoms with Gasteiger partial charge < -0.3 is 10.2 Å². The second kappa shape index (κ2) is 2.21. The molecule has 0 radical (unpaired) electrons. The van der Waals surface area contributed by atoms with Gasteiger partial charge in [-0.1, -0.05) is 0 Å². The van der Waals surface area contributed by atoms with Crippen LogP contribution in [0.5, 0.6) is 0 Å². The number of nitrogens with zero attached hydrogens (tertiary/aromatic N) is 1. The van der Waals surface area contributed by atoms with Gasteiger partial charge in [-0.15, -0.1) is 0 Å². The molecule has 58 valence electrons. The third kappa shape index (κ3) is 0.789. The summed E-state index contributed by atoms with van der Waals surface area (Å²) in [7, 11) is 4.41. The zero-order valence-electron chi connectivity index (χ0n) is 6.80. The average molecular weight is 140 g/mol. The SMILES string of the molecule is CN(C)C1C2CNCC1C2. The van der Waals surface area contributed by atoms with Gasteiger partial charge in [-0.3, -0.25) is 0 Å². The minimum Gasteiger partial charge on any atom is -0.316 e. The lowest BCUT2D eigenvalue weighted by molar-refractivity contribution is 0.000317. The van der Waals surface area contributed by atoms with Crippen LogP contribution in [0, 0.1) is 11.8 Å². The van der Waals surface area contributed by atoms with Crippen LogP contribution in [-0.4, -0.2) is 38.1 Å². The summed E-state index contributed by atoms with van der Waals surface area (Å²) in [5.41, 5.74) is 0. The Morgan fingerprint density at radius 2 is 1.80 bits per heavy atom. The van der Waals surface area contributed by atoms with E-state index in [9.17, 15) is 0 Å². The van der Waals surface area contributed by atoms with E-state index in [-0.39, 0.29) is 0 Å². The topological polar surface area (TPSA) is 15.3 Å². The molecule has 3 aliphatic rings. The van der Waals surface area contributed by atoms with Gasteiger partial charge in [0.15, 0.2) is 0 Å². The van der Waals surface area contributed by atoms with Crippen LogP contribution in [0.25, 0.3) is 0 Å². The van der Waals surface area contributed by atoms with Crippen molar-refractivity contribution in [2.24, 2.45) is 11.8 Å². The highest BCUT2D eigenvalue weighted by Crippen LogP contribution is 2.38. The molecule has 2 atom stereocenters. The Balaban J connectivity index is 1.99. The summed E-state index contributed by atoms with van der Waals surface area (Å²) in [5, 5.41) is 3.44. The summed E-state index contributed by atoms with van der Waals surface area (Å²) in [5.74, 6) is 1.91. The molecular weight excluding hydrogens is 124 g/mol. The lowest BCUT2D eigenvalue weighted by atomic mass is 9.66. The fourth-order valence-electron chi connectivity index (χ4n) is 2.56. The highest BCUT2D eigenvalue weighted by atomic mass is 15.1. The molecule has 10 heavy (non-hydrogen) atoms. The summed E-state index contributed by atoms with van der Waals surface area (Å²) in [6, 6.07) is 0.890. The summed E-state index contributed by atoms with van der Waals surface area (Å²) in [6.45, 7) is 2.50. The molecule has 1 saturated carbocycles. The number of piperidine rings is 2. The van der Waals surface area contributed by atoms with Crippen LogP contribution in [0.15, 0.2) is 0 Å². The molecule has 3 fully saturated rings. The molecular formula is C8H16N2. The number of hydrogen-bond acceptors (Lipinski definition) is 2. The zero-order chi connectivity index (χ0) is 7.14. The van der Waals surface area contributed by atoms with Gasteiger partial charge in [0.2, 0.25) is 0 Å². The van der Waals surface area contributed by atoms with E-state index >= 15 is 0 Å². The highest BCUT2D eigenvalue weighted by molar-refractivity contribution is 5.00. The van der Waals surface area contributed by atoms with Crippen LogP contribution in [0.3, 0.4) is 0 Å². The molecule has 2 bridgehead atoms. The normalized spacial score (nSPS) is 45.3. The fraction of sp³-hybridized carbons (Fsp3) is 1.00. The number of hydrogen-bond donors (Lipinski definition) is 1. The van der Waals surface area contributed by atoms with Gasteiger partial charge >= 0.3 is 0 Å². The summed E-state index contributed by atoms with van der Waals surface area (Å²) in [6.07, 6.45) is 1.47. The van der Waals surface area contributed by atoms with Crippen molar-refractivity contribution in [1.29, 1.82) is 0 Å². The van der Waals surface area contributed by atoms with E-state index < -0.39 is 0 Å². The standard InChI is InChI=1S/C8H16N2/c1-10(2)8-6-3-7(8)5-9-4-6/h6-9H,3-5H2,1-2H3. The van der Waals surface area contributed by atoms with E-state index in [0.29, 0.717) is 0 Å². The highest BCUT2D eigenvalue weighted by Gasteiger charge is 2.44. The van der Waals surface area contributed by atoms with Crippen molar-refractivity contribution >= 4 is 0 Å². The first-order chi connectivity index (χ1) is 4.79. The van der Waals surface area contributed by atoms with Gasteiger partial charge in [-0.2, -0.15) is 0 Å². The van der Waals surface area contributed by atoms with E-state index in [1.165, 1.54) is 19.5 Å². The molecule has 2 nitrogen and oxygen atoms in total. The third-order valence-electron chi connectivity index (χ3n) is 2.98. The molecule has 0 aromatic rings. The van der Waals surface area contributed by atoms with Crippen LogP contribution in [0.2, 0.25) is 0 Å². The van der Waals surface area contributed by atoms with Crippen LogP contribution in [0.1, 0.15) is 6.42 Å². The molecule has 2 unspecified atom stereocenters. The molecule has 1 N–H and O–H groups in total. The Hall–Kier alpha value is -0.0800. The molecule has 2 heteroatoms. The van der Waals surface area contributed by atoms with E-state index in [2.05, 4.69) is 24.3 Å². The molecule has 0 aromatic heterocycles. The smallest absolute Gasteiger partial charge is 0.0170 e. The second-order valence-electron chi connectivity index (χ2n) is 3.87. The number of rotatable bonds is 1. The van der Waals surface area contributed by atoms with Crippen molar-refractivity contribution in [3.05, 3.63) is 0 Å². The number of fused-ring (bicyclic) bond motifs is 2. The molecule has 3 rings (SSSR count). The van der Waals surface area contributed by atoms with E-state index in [0.717, 1.165) is 17.9 Å². The summed E-state index contributed by atoms with van der Waals surface area (Å²) >= 11 is 0. The molecule has 0 aromatic carbocycles. The lowest BCUT2D eigenvalue weighted by Crippen LogP contribution is -2.61. The van der Waals surface area contributed by atoms with E-state index in [1.807, 2.05) is 0 Å². The summed E-state index contributed by atoms with van der Waals surface area (Å²) in [4.78, 5) is 2.39. The molecule has 2 heterocycles. The summed E-state index contributed by atoms with van der Waals surface area (Å²) < 4.78 is 0. The van der Waals surface area contributed by atoms with Crippen molar-refractivity contribution < 1.29 is 0 Å². The van der Waals surface area contributed by atoms with Crippen molar-refractivity contribution in [2.75, 3.05) is 27.2 Å². The lowest BCUT2D eigenvalue weighted by Gasteiger charge is -2.52. The first-order valence-electron chi connectivity index (χ1n) is 4.16. The van der Waals surface area contributed by atoms with Gasteiger partial charge in [-0.25, -0.2) is 0 Å². The van der Waals surface area contributed by atoms with Crippen molar-refractivity contribution in [3.63, 3.8) is 0 Å². The Morgan fingerprint density at radius 3 is 2.10 bits per heavy atom. The molecule has 2 aliphatic heterocycles. The first-order valence-corrected chi connectivity index (χ1v) is 4.16. The largest absolute Gasteiger partial charge is 0.316 e. The van der Waals surface area contributed by atoms with Crippen molar-refractivity contribution in [1.82, 2.24) is 10.2 Å². The molecule has 2 saturated heterocycles. The Morgan fingerprint density at radius 1 is 1.20 bits per heavy atom. The quantitative estimate of drug-likeness (QED) is 0.558. The molecule has 0 spiro atoms. The van der Waals surface area contributed by atoms with Crippen LogP contribution >= 0.6 is 0 Å². The molecule has 1 aliphatic carbocycles. The zero-order valence-corrected chi connectivity index (χ0v) is 6.80. The predicted molar refractivity (Wildman–Crippen MR) is 41.9 cm³/mol. The fourth-order valence-corrected chi connectivity index (χ4v) is 2.56. The monoisotopic (exact) mass is 140 g/mol. The van der Waals surface area contributed by atoms with Gasteiger partial charge in [0, 0.05) is 6.04 Å². The van der Waals surface area contributed by atoms with Crippen molar-refractivity contribution in [2.45, 2.75) is 12.5 Å². The van der Waals surface area contributed by atoms with Gasteiger partial charge in [0.1, 0.15) is 0 Å².